The summed E-state index contributed by atoms with van der Waals surface area (Å²) >= 11 is 3.35. The molecule has 2 aromatic rings. The van der Waals surface area contributed by atoms with Crippen LogP contribution in [0.3, 0.4) is 0 Å². The zero-order valence-corrected chi connectivity index (χ0v) is 12.8. The molecule has 4 nitrogen and oxygen atoms in total. The minimum atomic E-state index is -0.412. The first kappa shape index (κ1) is 15.1. The van der Waals surface area contributed by atoms with Crippen LogP contribution < -0.4 is 4.74 Å². The molecule has 2 N–H and O–H groups in total. The van der Waals surface area contributed by atoms with E-state index in [0.29, 0.717) is 5.75 Å². The maximum absolute atomic E-state index is 12.1. The van der Waals surface area contributed by atoms with E-state index >= 15 is 0 Å². The average Bonchev–Trinajstić information content (AvgIpc) is 2.47. The number of halogens is 1. The van der Waals surface area contributed by atoms with Crippen molar-refractivity contribution in [3.8, 4) is 17.2 Å². The summed E-state index contributed by atoms with van der Waals surface area (Å²) in [4.78, 5) is 12.1. The summed E-state index contributed by atoms with van der Waals surface area (Å²) in [7, 11) is 1.55. The predicted molar refractivity (Wildman–Crippen MR) is 83.8 cm³/mol. The number of carbonyl (C=O) groups excluding carboxylic acids is 1. The molecule has 0 aromatic heterocycles. The molecule has 0 saturated heterocycles. The van der Waals surface area contributed by atoms with Crippen LogP contribution in [0.1, 0.15) is 15.9 Å². The Hall–Kier alpha value is -2.27. The highest BCUT2D eigenvalue weighted by Gasteiger charge is 2.09. The first-order chi connectivity index (χ1) is 10.0. The SMILES string of the molecule is COc1ccc(Br)cc1/C=C/C(=O)c1cc(O)ccc1O. The predicted octanol–water partition coefficient (Wildman–Crippen LogP) is 3.77. The second-order valence-electron chi connectivity index (χ2n) is 4.29. The van der Waals surface area contributed by atoms with Gasteiger partial charge < -0.3 is 14.9 Å². The summed E-state index contributed by atoms with van der Waals surface area (Å²) in [5.41, 5.74) is 0.764. The third-order valence-corrected chi connectivity index (χ3v) is 3.34. The van der Waals surface area contributed by atoms with E-state index in [1.807, 2.05) is 12.1 Å². The number of carbonyl (C=O) groups is 1. The van der Waals surface area contributed by atoms with Gasteiger partial charge in [0.15, 0.2) is 5.78 Å². The van der Waals surface area contributed by atoms with E-state index in [2.05, 4.69) is 15.9 Å². The molecule has 0 aliphatic heterocycles. The molecule has 0 aliphatic rings. The van der Waals surface area contributed by atoms with Crippen molar-refractivity contribution >= 4 is 27.8 Å². The lowest BCUT2D eigenvalue weighted by atomic mass is 10.1. The molecule has 21 heavy (non-hydrogen) atoms. The van der Waals surface area contributed by atoms with Crippen LogP contribution in [0.25, 0.3) is 6.08 Å². The van der Waals surface area contributed by atoms with Crippen LogP contribution in [-0.4, -0.2) is 23.1 Å². The fourth-order valence-corrected chi connectivity index (χ4v) is 2.19. The maximum atomic E-state index is 12.1. The minimum Gasteiger partial charge on any atom is -0.508 e. The van der Waals surface area contributed by atoms with Crippen molar-refractivity contribution < 1.29 is 19.7 Å². The molecule has 2 aromatic carbocycles. The summed E-state index contributed by atoms with van der Waals surface area (Å²) in [5.74, 6) is -0.0407. The summed E-state index contributed by atoms with van der Waals surface area (Å²) in [6.45, 7) is 0. The maximum Gasteiger partial charge on any atom is 0.189 e. The molecular formula is C16H13BrO4. The number of methoxy groups -OCH3 is 1. The molecule has 108 valence electrons. The number of hydrogen-bond donors (Lipinski definition) is 2. The highest BCUT2D eigenvalue weighted by atomic mass is 79.9. The van der Waals surface area contributed by atoms with Crippen molar-refractivity contribution in [3.63, 3.8) is 0 Å². The van der Waals surface area contributed by atoms with Gasteiger partial charge >= 0.3 is 0 Å². The lowest BCUT2D eigenvalue weighted by Gasteiger charge is -2.05. The van der Waals surface area contributed by atoms with Crippen molar-refractivity contribution in [1.82, 2.24) is 0 Å². The van der Waals surface area contributed by atoms with E-state index in [4.69, 9.17) is 4.74 Å². The number of phenolic OH excluding ortho intramolecular Hbond substituents is 2. The number of benzene rings is 2. The Kier molecular flexibility index (Phi) is 4.65. The van der Waals surface area contributed by atoms with E-state index < -0.39 is 5.78 Å². The van der Waals surface area contributed by atoms with Gasteiger partial charge in [0.2, 0.25) is 0 Å². The van der Waals surface area contributed by atoms with Gasteiger partial charge in [0.1, 0.15) is 17.2 Å². The highest BCUT2D eigenvalue weighted by molar-refractivity contribution is 9.10. The van der Waals surface area contributed by atoms with Gasteiger partial charge in [-0.3, -0.25) is 4.79 Å². The van der Waals surface area contributed by atoms with Gasteiger partial charge in [-0.15, -0.1) is 0 Å². The first-order valence-corrected chi connectivity index (χ1v) is 6.88. The molecule has 0 radical (unpaired) electrons. The molecule has 0 unspecified atom stereocenters. The Labute approximate surface area is 130 Å². The van der Waals surface area contributed by atoms with Crippen molar-refractivity contribution in [2.75, 3.05) is 7.11 Å². The molecule has 2 rings (SSSR count). The van der Waals surface area contributed by atoms with Crippen LogP contribution in [0.2, 0.25) is 0 Å². The van der Waals surface area contributed by atoms with Gasteiger partial charge in [0, 0.05) is 10.0 Å². The molecule has 0 bridgehead atoms. The van der Waals surface area contributed by atoms with E-state index in [9.17, 15) is 15.0 Å². The monoisotopic (exact) mass is 348 g/mol. The minimum absolute atomic E-state index is 0.0419. The van der Waals surface area contributed by atoms with Crippen LogP contribution in [-0.2, 0) is 0 Å². The molecule has 0 heterocycles. The summed E-state index contributed by atoms with van der Waals surface area (Å²) < 4.78 is 6.07. The van der Waals surface area contributed by atoms with Crippen LogP contribution in [0, 0.1) is 0 Å². The molecule has 0 spiro atoms. The quantitative estimate of drug-likeness (QED) is 0.501. The van der Waals surface area contributed by atoms with Gasteiger partial charge in [-0.25, -0.2) is 0 Å². The third-order valence-electron chi connectivity index (χ3n) is 2.85. The van der Waals surface area contributed by atoms with Crippen molar-refractivity contribution in [2.24, 2.45) is 0 Å². The number of hydrogen-bond acceptors (Lipinski definition) is 4. The average molecular weight is 349 g/mol. The Bertz CT molecular complexity index is 707. The van der Waals surface area contributed by atoms with E-state index in [1.165, 1.54) is 24.3 Å². The summed E-state index contributed by atoms with van der Waals surface area (Å²) in [5, 5.41) is 19.0. The van der Waals surface area contributed by atoms with Crippen molar-refractivity contribution in [1.29, 1.82) is 0 Å². The number of phenols is 2. The van der Waals surface area contributed by atoms with Crippen LogP contribution in [0.15, 0.2) is 46.9 Å². The zero-order valence-electron chi connectivity index (χ0n) is 11.2. The molecule has 5 heteroatoms. The van der Waals surface area contributed by atoms with E-state index in [-0.39, 0.29) is 17.1 Å². The van der Waals surface area contributed by atoms with Gasteiger partial charge in [-0.1, -0.05) is 15.9 Å². The second-order valence-corrected chi connectivity index (χ2v) is 5.20. The lowest BCUT2D eigenvalue weighted by molar-refractivity contribution is 0.104. The molecule has 0 atom stereocenters. The molecule has 0 fully saturated rings. The van der Waals surface area contributed by atoms with Gasteiger partial charge in [0.05, 0.1) is 12.7 Å². The molecule has 0 saturated carbocycles. The summed E-state index contributed by atoms with van der Waals surface area (Å²) in [6, 6.07) is 9.23. The Morgan fingerprint density at radius 3 is 2.67 bits per heavy atom. The van der Waals surface area contributed by atoms with E-state index in [1.54, 1.807) is 19.3 Å². The van der Waals surface area contributed by atoms with Crippen LogP contribution in [0.5, 0.6) is 17.2 Å². The standard InChI is InChI=1S/C16H13BrO4/c1-21-16-7-3-11(17)8-10(16)2-5-14(19)13-9-12(18)4-6-15(13)20/h2-9,18,20H,1H3/b5-2+. The number of allylic oxidation sites excluding steroid dienone is 1. The topological polar surface area (TPSA) is 66.8 Å². The van der Waals surface area contributed by atoms with Crippen LogP contribution >= 0.6 is 15.9 Å². The van der Waals surface area contributed by atoms with Gasteiger partial charge in [-0.2, -0.15) is 0 Å². The number of aromatic hydroxyl groups is 2. The van der Waals surface area contributed by atoms with Crippen molar-refractivity contribution in [3.05, 3.63) is 58.1 Å². The normalized spacial score (nSPS) is 10.8. The Balaban J connectivity index is 2.31. The number of ketones is 1. The second kappa shape index (κ2) is 6.45. The molecule has 0 amide bonds. The fraction of sp³-hybridized carbons (Fsp3) is 0.0625. The Morgan fingerprint density at radius 1 is 1.19 bits per heavy atom. The third kappa shape index (κ3) is 3.64. The van der Waals surface area contributed by atoms with Gasteiger partial charge in [-0.05, 0) is 48.6 Å². The molecule has 0 aliphatic carbocycles. The largest absolute Gasteiger partial charge is 0.508 e. The fourth-order valence-electron chi connectivity index (χ4n) is 1.81. The molecular weight excluding hydrogens is 336 g/mol. The summed E-state index contributed by atoms with van der Waals surface area (Å²) in [6.07, 6.45) is 2.91. The lowest BCUT2D eigenvalue weighted by Crippen LogP contribution is -1.95. The Morgan fingerprint density at radius 2 is 1.95 bits per heavy atom. The highest BCUT2D eigenvalue weighted by Crippen LogP contribution is 2.26. The van der Waals surface area contributed by atoms with Crippen LogP contribution in [0.4, 0.5) is 0 Å². The first-order valence-electron chi connectivity index (χ1n) is 6.09. The smallest absolute Gasteiger partial charge is 0.189 e. The van der Waals surface area contributed by atoms with Crippen molar-refractivity contribution in [2.45, 2.75) is 0 Å². The number of ether oxygens (including phenoxy) is 1. The zero-order chi connectivity index (χ0) is 15.4. The van der Waals surface area contributed by atoms with E-state index in [0.717, 1.165) is 10.0 Å². The van der Waals surface area contributed by atoms with Gasteiger partial charge in [0.25, 0.3) is 0 Å². The number of rotatable bonds is 4.